The van der Waals surface area contributed by atoms with Gasteiger partial charge >= 0.3 is 23.0 Å². The van der Waals surface area contributed by atoms with Gasteiger partial charge in [-0.3, -0.25) is 4.72 Å². The maximum absolute atomic E-state index is 13.6. The van der Waals surface area contributed by atoms with Crippen LogP contribution in [0.3, 0.4) is 0 Å². The largest absolute Gasteiger partial charge is 2.00 e. The van der Waals surface area contributed by atoms with Gasteiger partial charge in [0, 0.05) is 10.4 Å². The molecule has 2 N–H and O–H groups in total. The maximum Gasteiger partial charge on any atom is 2.00 e. The number of rotatable bonds is 9. The second kappa shape index (κ2) is 13.1. The molecule has 48 heavy (non-hydrogen) atoms. The average Bonchev–Trinajstić information content (AvgIpc) is 2.91. The van der Waals surface area contributed by atoms with Crippen molar-refractivity contribution in [3.8, 4) is 17.2 Å². The van der Waals surface area contributed by atoms with Crippen molar-refractivity contribution >= 4 is 85.8 Å². The molecule has 1 radical (unpaired) electrons. The molecule has 0 unspecified atom stereocenters. The molecule has 25 heteroatoms. The Morgan fingerprint density at radius 2 is 1.33 bits per heavy atom. The molecular formula is C23H10ClCuN3O16S4-4. The monoisotopic (exact) mass is 810 g/mol. The summed E-state index contributed by atoms with van der Waals surface area (Å²) in [5.41, 5.74) is -4.58. The number of anilines is 1. The first-order valence-corrected chi connectivity index (χ1v) is 17.7. The molecule has 0 bridgehead atoms. The number of carboxylic acids is 1. The van der Waals surface area contributed by atoms with Crippen LogP contribution in [0.5, 0.6) is 17.2 Å². The second-order valence-electron chi connectivity index (χ2n) is 9.00. The first-order valence-electron chi connectivity index (χ1n) is 11.6. The van der Waals surface area contributed by atoms with Gasteiger partial charge < -0.3 is 34.1 Å². The van der Waals surface area contributed by atoms with Crippen LogP contribution in [-0.2, 0) is 57.4 Å². The minimum Gasteiger partial charge on any atom is -0.872 e. The number of sulfonamides is 1. The number of carbonyl (C=O) groups is 1. The molecule has 0 aliphatic carbocycles. The summed E-state index contributed by atoms with van der Waals surface area (Å²) in [7, 11) is -21.8. The number of carboxylic acid groups (broad SMARTS) is 1. The van der Waals surface area contributed by atoms with Crippen LogP contribution < -0.4 is 20.0 Å². The van der Waals surface area contributed by atoms with E-state index in [1.807, 2.05) is 0 Å². The molecule has 4 aromatic rings. The molecular weight excluding hydrogens is 802 g/mol. The van der Waals surface area contributed by atoms with E-state index in [9.17, 15) is 67.4 Å². The standard InChI is InChI=1S/C23H16ClN3O16S4.Cu/c24-10-5-15(21(29)18(6-10)47(41,42)43)25-26-20-17(46(38,39)40)4-9-3-12(45(35,36)37)8-14(19(9)22(20)30)27-44(33,34)11-1-2-16(28)13(7-11)23(31)32;/h1-8,27-30H,(H,31,32)(H,35,36,37)(H,38,39,40)(H,41,42,43);/q;+2/p-6. The zero-order chi connectivity index (χ0) is 35.4. The van der Waals surface area contributed by atoms with Crippen molar-refractivity contribution in [2.75, 3.05) is 4.72 Å². The van der Waals surface area contributed by atoms with Crippen LogP contribution in [-0.4, -0.2) is 58.4 Å². The first kappa shape index (κ1) is 38.3. The van der Waals surface area contributed by atoms with E-state index < -0.39 is 122 Å². The van der Waals surface area contributed by atoms with Crippen LogP contribution in [0.4, 0.5) is 17.1 Å². The van der Waals surface area contributed by atoms with Crippen molar-refractivity contribution in [3.63, 3.8) is 0 Å². The average molecular weight is 812 g/mol. The minimum atomic E-state index is -5.76. The van der Waals surface area contributed by atoms with Gasteiger partial charge in [-0.25, -0.2) is 38.5 Å². The molecule has 0 heterocycles. The van der Waals surface area contributed by atoms with E-state index in [4.69, 9.17) is 16.7 Å². The summed E-state index contributed by atoms with van der Waals surface area (Å²) < 4.78 is 134. The van der Waals surface area contributed by atoms with Crippen LogP contribution in [0.1, 0.15) is 10.4 Å². The summed E-state index contributed by atoms with van der Waals surface area (Å²) in [6, 6.07) is 3.72. The molecule has 0 spiro atoms. The summed E-state index contributed by atoms with van der Waals surface area (Å²) in [6.07, 6.45) is 0. The predicted octanol–water partition coefficient (Wildman–Crippen LogP) is 0.338. The third kappa shape index (κ3) is 7.78. The smallest absolute Gasteiger partial charge is 0.872 e. The van der Waals surface area contributed by atoms with Crippen molar-refractivity contribution in [1.82, 2.24) is 0 Å². The maximum atomic E-state index is 13.6. The van der Waals surface area contributed by atoms with E-state index in [2.05, 4.69) is 10.2 Å². The molecule has 0 atom stereocenters. The van der Waals surface area contributed by atoms with E-state index >= 15 is 0 Å². The second-order valence-corrected chi connectivity index (χ2v) is 15.2. The Balaban J connectivity index is 0.00000625. The van der Waals surface area contributed by atoms with Gasteiger partial charge in [0.25, 0.3) is 10.0 Å². The van der Waals surface area contributed by atoms with Crippen molar-refractivity contribution in [1.29, 1.82) is 0 Å². The van der Waals surface area contributed by atoms with Crippen molar-refractivity contribution in [2.45, 2.75) is 19.6 Å². The van der Waals surface area contributed by atoms with Gasteiger partial charge in [-0.2, -0.15) is 5.11 Å². The number of benzene rings is 4. The van der Waals surface area contributed by atoms with Crippen LogP contribution in [0.25, 0.3) is 10.8 Å². The number of hydrogen-bond donors (Lipinski definition) is 2. The van der Waals surface area contributed by atoms with Gasteiger partial charge in [-0.1, -0.05) is 34.9 Å². The molecule has 4 rings (SSSR count). The Morgan fingerprint density at radius 1 is 0.729 bits per heavy atom. The Bertz CT molecular complexity index is 2510. The number of fused-ring (bicyclic) bond motifs is 1. The molecule has 0 saturated heterocycles. The molecule has 259 valence electrons. The molecule has 4 aromatic carbocycles. The number of aromatic carboxylic acids is 1. The SMILES string of the molecule is O=C(O)c1cc(S(=O)(=O)Nc2cc(S(=O)(=O)[O-])cc3cc(S(=O)(=O)[O-])c(N=Nc4cc(Cl)cc(S(=O)(=O)[O-])c4[O-])c([O-])c23)ccc1[O-].[Cu+2]. The Hall–Kier alpha value is -4.10. The molecule has 0 fully saturated rings. The quantitative estimate of drug-likeness (QED) is 0.131. The van der Waals surface area contributed by atoms with Crippen molar-refractivity contribution in [3.05, 3.63) is 59.1 Å². The summed E-state index contributed by atoms with van der Waals surface area (Å²) in [5.74, 6) is -6.25. The number of nitrogens with zero attached hydrogens (tertiary/aromatic N) is 2. The summed E-state index contributed by atoms with van der Waals surface area (Å²) in [4.78, 5) is 6.19. The summed E-state index contributed by atoms with van der Waals surface area (Å²) in [6.45, 7) is 0. The van der Waals surface area contributed by atoms with E-state index in [0.717, 1.165) is 0 Å². The third-order valence-corrected chi connectivity index (χ3v) is 10.0. The zero-order valence-electron chi connectivity index (χ0n) is 22.4. The van der Waals surface area contributed by atoms with E-state index in [0.29, 0.717) is 48.5 Å². The van der Waals surface area contributed by atoms with E-state index in [1.54, 1.807) is 4.72 Å². The van der Waals surface area contributed by atoms with E-state index in [1.165, 1.54) is 0 Å². The van der Waals surface area contributed by atoms with Gasteiger partial charge in [-0.15, -0.1) is 5.11 Å². The Kier molecular flexibility index (Phi) is 10.4. The van der Waals surface area contributed by atoms with Crippen LogP contribution in [0.2, 0.25) is 5.02 Å². The van der Waals surface area contributed by atoms with Crippen molar-refractivity contribution < 1.29 is 89.6 Å². The van der Waals surface area contributed by atoms with Crippen LogP contribution in [0.15, 0.2) is 78.3 Å². The minimum absolute atomic E-state index is 0. The summed E-state index contributed by atoms with van der Waals surface area (Å²) in [5, 5.41) is 51.1. The number of nitrogens with one attached hydrogen (secondary N) is 1. The first-order chi connectivity index (χ1) is 21.4. The molecule has 0 aromatic heterocycles. The number of azo groups is 1. The molecule has 19 nitrogen and oxygen atoms in total. The third-order valence-electron chi connectivity index (χ3n) is 5.93. The van der Waals surface area contributed by atoms with E-state index in [-0.39, 0.29) is 17.1 Å². The van der Waals surface area contributed by atoms with Gasteiger partial charge in [0.1, 0.15) is 30.4 Å². The fourth-order valence-corrected chi connectivity index (χ4v) is 7.06. The van der Waals surface area contributed by atoms with Gasteiger partial charge in [0.15, 0.2) is 0 Å². The van der Waals surface area contributed by atoms with Gasteiger partial charge in [0.2, 0.25) is 0 Å². The van der Waals surface area contributed by atoms with Crippen molar-refractivity contribution in [2.24, 2.45) is 10.2 Å². The molecule has 0 aliphatic heterocycles. The summed E-state index contributed by atoms with van der Waals surface area (Å²) >= 11 is 5.70. The van der Waals surface area contributed by atoms with Crippen LogP contribution in [0, 0.1) is 0 Å². The topological polar surface area (TPSA) is 349 Å². The normalized spacial score (nSPS) is 12.6. The van der Waals surface area contributed by atoms with Gasteiger partial charge in [0.05, 0.1) is 42.2 Å². The fraction of sp³-hybridized carbons (Fsp3) is 0. The molecule has 0 saturated carbocycles. The Labute approximate surface area is 284 Å². The Morgan fingerprint density at radius 3 is 1.88 bits per heavy atom. The zero-order valence-corrected chi connectivity index (χ0v) is 27.4. The predicted molar refractivity (Wildman–Crippen MR) is 146 cm³/mol. The molecule has 0 aliphatic rings. The van der Waals surface area contributed by atoms with Gasteiger partial charge in [-0.05, 0) is 47.9 Å². The number of halogens is 1. The number of hydrogen-bond acceptors (Lipinski definition) is 17. The fourth-order valence-electron chi connectivity index (χ4n) is 3.92. The molecule has 0 amide bonds. The van der Waals surface area contributed by atoms with Crippen LogP contribution >= 0.6 is 11.6 Å².